The fourth-order valence-electron chi connectivity index (χ4n) is 3.04. The van der Waals surface area contributed by atoms with Crippen molar-refractivity contribution in [2.45, 2.75) is 50.6 Å². The molecule has 1 aliphatic rings. The zero-order valence-corrected chi connectivity index (χ0v) is 14.8. The van der Waals surface area contributed by atoms with Crippen molar-refractivity contribution in [3.8, 4) is 0 Å². The molecule has 3 rings (SSSR count). The van der Waals surface area contributed by atoms with Crippen LogP contribution in [0.15, 0.2) is 16.7 Å². The SMILES string of the molecule is CC(Cl)c1nc2cc(Br)cnc2n1C1CCOC(C)(C)C1. The molecule has 21 heavy (non-hydrogen) atoms. The van der Waals surface area contributed by atoms with Crippen molar-refractivity contribution in [1.82, 2.24) is 14.5 Å². The summed E-state index contributed by atoms with van der Waals surface area (Å²) in [6.07, 6.45) is 3.71. The van der Waals surface area contributed by atoms with Crippen LogP contribution in [-0.4, -0.2) is 26.7 Å². The Labute approximate surface area is 138 Å². The largest absolute Gasteiger partial charge is 0.375 e. The lowest BCUT2D eigenvalue weighted by molar-refractivity contribution is -0.0689. The smallest absolute Gasteiger partial charge is 0.160 e. The summed E-state index contributed by atoms with van der Waals surface area (Å²) in [6.45, 7) is 6.97. The molecule has 1 fully saturated rings. The number of rotatable bonds is 2. The summed E-state index contributed by atoms with van der Waals surface area (Å²) in [5.74, 6) is 0.889. The second-order valence-corrected chi connectivity index (χ2v) is 7.78. The summed E-state index contributed by atoms with van der Waals surface area (Å²) in [6, 6.07) is 2.31. The van der Waals surface area contributed by atoms with Gasteiger partial charge in [0.2, 0.25) is 0 Å². The van der Waals surface area contributed by atoms with E-state index in [0.29, 0.717) is 6.04 Å². The molecule has 1 saturated heterocycles. The molecule has 4 nitrogen and oxygen atoms in total. The topological polar surface area (TPSA) is 39.9 Å². The molecule has 0 aromatic carbocycles. The first-order valence-corrected chi connectivity index (χ1v) is 8.42. The Morgan fingerprint density at radius 1 is 1.52 bits per heavy atom. The molecule has 0 aliphatic carbocycles. The van der Waals surface area contributed by atoms with Crippen molar-refractivity contribution < 1.29 is 4.74 Å². The van der Waals surface area contributed by atoms with Gasteiger partial charge in [-0.2, -0.15) is 0 Å². The second kappa shape index (κ2) is 5.52. The number of alkyl halides is 1. The average molecular weight is 373 g/mol. The molecule has 1 aliphatic heterocycles. The molecule has 2 unspecified atom stereocenters. The van der Waals surface area contributed by atoms with Gasteiger partial charge < -0.3 is 9.30 Å². The lowest BCUT2D eigenvalue weighted by Crippen LogP contribution is -2.35. The average Bonchev–Trinajstić information content (AvgIpc) is 2.76. The van der Waals surface area contributed by atoms with E-state index in [-0.39, 0.29) is 11.0 Å². The summed E-state index contributed by atoms with van der Waals surface area (Å²) >= 11 is 9.81. The normalized spacial score (nSPS) is 23.4. The lowest BCUT2D eigenvalue weighted by Gasteiger charge is -2.36. The predicted octanol–water partition coefficient (Wildman–Crippen LogP) is 4.62. The van der Waals surface area contributed by atoms with Gasteiger partial charge in [-0.25, -0.2) is 9.97 Å². The maximum atomic E-state index is 6.36. The molecule has 2 aromatic heterocycles. The van der Waals surface area contributed by atoms with E-state index >= 15 is 0 Å². The number of pyridine rings is 1. The Bertz CT molecular complexity index is 668. The van der Waals surface area contributed by atoms with Crippen LogP contribution < -0.4 is 0 Å². The van der Waals surface area contributed by atoms with Crippen LogP contribution in [-0.2, 0) is 4.74 Å². The fraction of sp³-hybridized carbons (Fsp3) is 0.600. The van der Waals surface area contributed by atoms with Crippen LogP contribution in [0.1, 0.15) is 50.9 Å². The van der Waals surface area contributed by atoms with Crippen molar-refractivity contribution in [2.75, 3.05) is 6.61 Å². The minimum Gasteiger partial charge on any atom is -0.375 e. The van der Waals surface area contributed by atoms with E-state index in [1.165, 1.54) is 0 Å². The molecule has 0 N–H and O–H groups in total. The van der Waals surface area contributed by atoms with Crippen molar-refractivity contribution in [3.63, 3.8) is 0 Å². The molecule has 0 spiro atoms. The van der Waals surface area contributed by atoms with Gasteiger partial charge in [0, 0.05) is 23.3 Å². The number of ether oxygens (including phenoxy) is 1. The molecule has 2 aromatic rings. The van der Waals surface area contributed by atoms with Crippen LogP contribution in [0.25, 0.3) is 11.2 Å². The summed E-state index contributed by atoms with van der Waals surface area (Å²) < 4.78 is 8.97. The summed E-state index contributed by atoms with van der Waals surface area (Å²) in [5, 5.41) is -0.149. The zero-order valence-electron chi connectivity index (χ0n) is 12.4. The Morgan fingerprint density at radius 2 is 2.29 bits per heavy atom. The monoisotopic (exact) mass is 371 g/mol. The maximum absolute atomic E-state index is 6.36. The molecule has 6 heteroatoms. The molecular formula is C15H19BrClN3O. The first-order valence-electron chi connectivity index (χ1n) is 7.19. The van der Waals surface area contributed by atoms with Crippen molar-refractivity contribution >= 4 is 38.7 Å². The molecule has 0 radical (unpaired) electrons. The third-order valence-corrected chi connectivity index (χ3v) is 4.54. The molecule has 0 saturated carbocycles. The maximum Gasteiger partial charge on any atom is 0.160 e. The number of fused-ring (bicyclic) bond motifs is 1. The fourth-order valence-corrected chi connectivity index (χ4v) is 3.51. The second-order valence-electron chi connectivity index (χ2n) is 6.21. The number of aromatic nitrogens is 3. The van der Waals surface area contributed by atoms with Crippen molar-refractivity contribution in [1.29, 1.82) is 0 Å². The standard InChI is InChI=1S/C15H19BrClN3O/c1-9(17)13-19-12-6-10(16)8-18-14(12)20(13)11-4-5-21-15(2,3)7-11/h6,8-9,11H,4-5,7H2,1-3H3. The molecular weight excluding hydrogens is 354 g/mol. The molecule has 0 bridgehead atoms. The highest BCUT2D eigenvalue weighted by atomic mass is 79.9. The third kappa shape index (κ3) is 2.96. The van der Waals surface area contributed by atoms with E-state index in [1.807, 2.05) is 19.2 Å². The van der Waals surface area contributed by atoms with E-state index in [2.05, 4.69) is 39.3 Å². The molecule has 0 amide bonds. The molecule has 3 heterocycles. The summed E-state index contributed by atoms with van der Waals surface area (Å²) in [5.41, 5.74) is 1.67. The van der Waals surface area contributed by atoms with Crippen molar-refractivity contribution in [2.24, 2.45) is 0 Å². The van der Waals surface area contributed by atoms with Gasteiger partial charge in [-0.05, 0) is 55.6 Å². The Morgan fingerprint density at radius 3 is 2.95 bits per heavy atom. The van der Waals surface area contributed by atoms with E-state index in [4.69, 9.17) is 21.3 Å². The van der Waals surface area contributed by atoms with Crippen molar-refractivity contribution in [3.05, 3.63) is 22.6 Å². The lowest BCUT2D eigenvalue weighted by atomic mass is 9.93. The summed E-state index contributed by atoms with van der Waals surface area (Å²) in [7, 11) is 0. The highest BCUT2D eigenvalue weighted by molar-refractivity contribution is 9.10. The highest BCUT2D eigenvalue weighted by Gasteiger charge is 2.32. The van der Waals surface area contributed by atoms with Gasteiger partial charge >= 0.3 is 0 Å². The Hall–Kier alpha value is -0.650. The van der Waals surface area contributed by atoms with Gasteiger partial charge in [0.05, 0.1) is 11.0 Å². The number of nitrogens with zero attached hydrogens (tertiary/aromatic N) is 3. The summed E-state index contributed by atoms with van der Waals surface area (Å²) in [4.78, 5) is 9.25. The Kier molecular flexibility index (Phi) is 4.01. The minimum absolute atomic E-state index is 0.123. The first kappa shape index (κ1) is 15.3. The van der Waals surface area contributed by atoms with Gasteiger partial charge in [0.25, 0.3) is 0 Å². The quantitative estimate of drug-likeness (QED) is 0.722. The van der Waals surface area contributed by atoms with Gasteiger partial charge in [-0.15, -0.1) is 11.6 Å². The van der Waals surface area contributed by atoms with Gasteiger partial charge in [-0.3, -0.25) is 0 Å². The van der Waals surface area contributed by atoms with Crippen LogP contribution in [0, 0.1) is 0 Å². The Balaban J connectivity index is 2.13. The van der Waals surface area contributed by atoms with Crippen LogP contribution in [0.4, 0.5) is 0 Å². The van der Waals surface area contributed by atoms with E-state index in [0.717, 1.165) is 40.9 Å². The highest BCUT2D eigenvalue weighted by Crippen LogP contribution is 2.37. The van der Waals surface area contributed by atoms with E-state index in [9.17, 15) is 0 Å². The van der Waals surface area contributed by atoms with E-state index < -0.39 is 0 Å². The van der Waals surface area contributed by atoms with Gasteiger partial charge in [0.15, 0.2) is 5.65 Å². The molecule has 2 atom stereocenters. The predicted molar refractivity (Wildman–Crippen MR) is 87.8 cm³/mol. The molecule has 114 valence electrons. The van der Waals surface area contributed by atoms with Gasteiger partial charge in [-0.1, -0.05) is 0 Å². The van der Waals surface area contributed by atoms with Crippen LogP contribution in [0.2, 0.25) is 0 Å². The third-order valence-electron chi connectivity index (χ3n) is 3.92. The number of halogens is 2. The number of hydrogen-bond acceptors (Lipinski definition) is 3. The number of imidazole rings is 1. The van der Waals surface area contributed by atoms with Gasteiger partial charge in [0.1, 0.15) is 11.3 Å². The van der Waals surface area contributed by atoms with Crippen LogP contribution in [0.5, 0.6) is 0 Å². The van der Waals surface area contributed by atoms with Crippen LogP contribution >= 0.6 is 27.5 Å². The van der Waals surface area contributed by atoms with Crippen LogP contribution in [0.3, 0.4) is 0 Å². The first-order chi connectivity index (χ1) is 9.87. The number of hydrogen-bond donors (Lipinski definition) is 0. The van der Waals surface area contributed by atoms with E-state index in [1.54, 1.807) is 0 Å². The minimum atomic E-state index is -0.149. The zero-order chi connectivity index (χ0) is 15.2.